The van der Waals surface area contributed by atoms with Gasteiger partial charge in [0.1, 0.15) is 5.54 Å². The lowest BCUT2D eigenvalue weighted by Gasteiger charge is -2.35. The molecule has 1 amide bonds. The SMILES string of the molecule is Cn1c(Nc2c(Cl)ccc(CNC(=O)C34CC3CCN4)c2Cl)nc2cc(Cl)c(N3CCCC(C(F)(F)F)C3)cc21. The number of carbonyl (C=O) groups is 1. The summed E-state index contributed by atoms with van der Waals surface area (Å²) in [5, 5.41) is 10.6. The molecule has 1 saturated carbocycles. The number of imidazole rings is 1. The highest BCUT2D eigenvalue weighted by Crippen LogP contribution is 2.50. The van der Waals surface area contributed by atoms with Crippen LogP contribution in [0.5, 0.6) is 0 Å². The van der Waals surface area contributed by atoms with Crippen molar-refractivity contribution >= 4 is 69.1 Å². The number of nitrogens with one attached hydrogen (secondary N) is 3. The van der Waals surface area contributed by atoms with Crippen LogP contribution in [0.25, 0.3) is 11.0 Å². The van der Waals surface area contributed by atoms with Crippen molar-refractivity contribution in [3.63, 3.8) is 0 Å². The smallest absolute Gasteiger partial charge is 0.370 e. The van der Waals surface area contributed by atoms with Gasteiger partial charge in [-0.1, -0.05) is 40.9 Å². The molecule has 2 saturated heterocycles. The van der Waals surface area contributed by atoms with E-state index in [-0.39, 0.29) is 25.4 Å². The predicted octanol–water partition coefficient (Wildman–Crippen LogP) is 6.42. The van der Waals surface area contributed by atoms with Crippen LogP contribution in [-0.2, 0) is 18.4 Å². The summed E-state index contributed by atoms with van der Waals surface area (Å²) in [5.41, 5.74) is 2.50. The second-order valence-electron chi connectivity index (χ2n) is 10.9. The van der Waals surface area contributed by atoms with E-state index < -0.39 is 17.6 Å². The summed E-state index contributed by atoms with van der Waals surface area (Å²) in [7, 11) is 1.79. The molecule has 0 radical (unpaired) electrons. The first kappa shape index (κ1) is 27.8. The Morgan fingerprint density at radius 2 is 2.00 bits per heavy atom. The molecule has 3 N–H and O–H groups in total. The van der Waals surface area contributed by atoms with Gasteiger partial charge in [-0.3, -0.25) is 4.79 Å². The maximum Gasteiger partial charge on any atom is 0.393 e. The Morgan fingerprint density at radius 3 is 2.70 bits per heavy atom. The molecular weight excluding hydrogens is 588 g/mol. The second-order valence-corrected chi connectivity index (χ2v) is 12.1. The molecule has 40 heavy (non-hydrogen) atoms. The lowest BCUT2D eigenvalue weighted by atomic mass is 9.97. The lowest BCUT2D eigenvalue weighted by Crippen LogP contribution is -2.44. The minimum atomic E-state index is -4.25. The first-order valence-electron chi connectivity index (χ1n) is 13.2. The van der Waals surface area contributed by atoms with Crippen LogP contribution in [0.4, 0.5) is 30.5 Å². The Balaban J connectivity index is 1.23. The topological polar surface area (TPSA) is 74.2 Å². The highest BCUT2D eigenvalue weighted by molar-refractivity contribution is 6.39. The van der Waals surface area contributed by atoms with Gasteiger partial charge in [0.15, 0.2) is 0 Å². The Kier molecular flexibility index (Phi) is 7.04. The van der Waals surface area contributed by atoms with Crippen LogP contribution in [0.15, 0.2) is 24.3 Å². The highest BCUT2D eigenvalue weighted by Gasteiger charge is 2.62. The fraction of sp³-hybridized carbons (Fsp3) is 0.481. The molecule has 3 heterocycles. The van der Waals surface area contributed by atoms with Crippen molar-refractivity contribution < 1.29 is 18.0 Å². The van der Waals surface area contributed by atoms with E-state index in [1.54, 1.807) is 40.8 Å². The van der Waals surface area contributed by atoms with Gasteiger partial charge in [0.2, 0.25) is 11.9 Å². The first-order chi connectivity index (χ1) is 19.0. The summed E-state index contributed by atoms with van der Waals surface area (Å²) in [6, 6.07) is 6.90. The normalized spacial score (nSPS) is 24.3. The van der Waals surface area contributed by atoms with Gasteiger partial charge in [0.25, 0.3) is 0 Å². The molecule has 6 rings (SSSR count). The number of piperidine rings is 2. The van der Waals surface area contributed by atoms with Gasteiger partial charge in [0.05, 0.1) is 43.4 Å². The molecule has 3 fully saturated rings. The van der Waals surface area contributed by atoms with Crippen LogP contribution in [0.1, 0.15) is 31.2 Å². The van der Waals surface area contributed by atoms with Crippen molar-refractivity contribution in [3.05, 3.63) is 44.9 Å². The number of benzene rings is 2. The van der Waals surface area contributed by atoms with Crippen molar-refractivity contribution in [2.45, 2.75) is 43.9 Å². The molecule has 7 nitrogen and oxygen atoms in total. The number of fused-ring (bicyclic) bond motifs is 2. The summed E-state index contributed by atoms with van der Waals surface area (Å²) in [4.78, 5) is 19.1. The van der Waals surface area contributed by atoms with Gasteiger partial charge in [-0.05, 0) is 61.9 Å². The molecule has 214 valence electrons. The number of aryl methyl sites for hydroxylation is 1. The van der Waals surface area contributed by atoms with E-state index in [0.717, 1.165) is 19.4 Å². The summed E-state index contributed by atoms with van der Waals surface area (Å²) >= 11 is 19.8. The largest absolute Gasteiger partial charge is 0.393 e. The molecule has 2 aliphatic heterocycles. The van der Waals surface area contributed by atoms with Crippen LogP contribution in [-0.4, -0.2) is 46.8 Å². The fourth-order valence-corrected chi connectivity index (χ4v) is 6.84. The monoisotopic (exact) mass is 614 g/mol. The van der Waals surface area contributed by atoms with Gasteiger partial charge >= 0.3 is 6.18 Å². The average Bonchev–Trinajstić information content (AvgIpc) is 3.34. The zero-order valence-electron chi connectivity index (χ0n) is 21.6. The quantitative estimate of drug-likeness (QED) is 0.298. The number of nitrogens with zero attached hydrogens (tertiary/aromatic N) is 3. The van der Waals surface area contributed by atoms with E-state index in [2.05, 4.69) is 20.9 Å². The molecule has 3 atom stereocenters. The minimum absolute atomic E-state index is 0.0196. The molecule has 0 bridgehead atoms. The number of hydrogen-bond acceptors (Lipinski definition) is 5. The van der Waals surface area contributed by atoms with Crippen molar-refractivity contribution in [1.82, 2.24) is 20.2 Å². The van der Waals surface area contributed by atoms with Crippen molar-refractivity contribution in [2.75, 3.05) is 29.9 Å². The van der Waals surface area contributed by atoms with E-state index in [0.29, 0.717) is 67.9 Å². The number of halogens is 6. The summed E-state index contributed by atoms with van der Waals surface area (Å²) in [6.07, 6.45) is -1.83. The van der Waals surface area contributed by atoms with E-state index >= 15 is 0 Å². The fourth-order valence-electron chi connectivity index (χ4n) is 6.03. The second kappa shape index (κ2) is 10.2. The maximum absolute atomic E-state index is 13.4. The highest BCUT2D eigenvalue weighted by atomic mass is 35.5. The average molecular weight is 616 g/mol. The van der Waals surface area contributed by atoms with Gasteiger partial charge < -0.3 is 25.4 Å². The number of rotatable bonds is 6. The number of aromatic nitrogens is 2. The summed E-state index contributed by atoms with van der Waals surface area (Å²) in [5.74, 6) is -0.584. The Morgan fingerprint density at radius 1 is 1.20 bits per heavy atom. The summed E-state index contributed by atoms with van der Waals surface area (Å²) in [6.45, 7) is 1.46. The third-order valence-electron chi connectivity index (χ3n) is 8.47. The zero-order valence-corrected chi connectivity index (χ0v) is 23.9. The van der Waals surface area contributed by atoms with Crippen molar-refractivity contribution in [3.8, 4) is 0 Å². The third kappa shape index (κ3) is 4.86. The van der Waals surface area contributed by atoms with E-state index in [1.165, 1.54) is 0 Å². The molecule has 3 aliphatic rings. The van der Waals surface area contributed by atoms with Crippen LogP contribution in [0.3, 0.4) is 0 Å². The number of hydrogen-bond donors (Lipinski definition) is 3. The number of amides is 1. The van der Waals surface area contributed by atoms with Gasteiger partial charge in [-0.25, -0.2) is 4.98 Å². The van der Waals surface area contributed by atoms with Crippen LogP contribution in [0.2, 0.25) is 15.1 Å². The molecule has 3 unspecified atom stereocenters. The van der Waals surface area contributed by atoms with Gasteiger partial charge in [-0.15, -0.1) is 0 Å². The standard InChI is InChI=1S/C27H28Cl3F3N6O/c1-38-21-10-20(39-8-2-3-16(13-39)27(31,32)33)18(29)9-19(21)36-25(38)37-23-17(28)5-4-14(22(23)30)12-34-24(40)26-11-15(26)6-7-35-26/h4-5,9-10,15-16,35H,2-3,6-8,11-13H2,1H3,(H,34,40)(H,36,37). The van der Waals surface area contributed by atoms with Crippen molar-refractivity contribution in [2.24, 2.45) is 18.9 Å². The first-order valence-corrected chi connectivity index (χ1v) is 14.4. The van der Waals surface area contributed by atoms with Crippen LogP contribution >= 0.6 is 34.8 Å². The molecule has 2 aromatic carbocycles. The minimum Gasteiger partial charge on any atom is -0.370 e. The zero-order chi connectivity index (χ0) is 28.4. The predicted molar refractivity (Wildman–Crippen MR) is 152 cm³/mol. The third-order valence-corrected chi connectivity index (χ3v) is 9.51. The molecule has 1 aliphatic carbocycles. The molecule has 1 aromatic heterocycles. The Bertz CT molecular complexity index is 1490. The number of anilines is 3. The summed E-state index contributed by atoms with van der Waals surface area (Å²) < 4.78 is 42.0. The molecule has 0 spiro atoms. The van der Waals surface area contributed by atoms with Gasteiger partial charge in [-0.2, -0.15) is 13.2 Å². The Hall–Kier alpha value is -2.40. The van der Waals surface area contributed by atoms with Gasteiger partial charge in [0, 0.05) is 26.7 Å². The Labute approximate surface area is 244 Å². The molecular formula is C27H28Cl3F3N6O. The molecule has 13 heteroatoms. The maximum atomic E-state index is 13.4. The van der Waals surface area contributed by atoms with Crippen LogP contribution in [0, 0.1) is 11.8 Å². The van der Waals surface area contributed by atoms with Crippen molar-refractivity contribution in [1.29, 1.82) is 0 Å². The van der Waals surface area contributed by atoms with E-state index in [9.17, 15) is 18.0 Å². The lowest BCUT2D eigenvalue weighted by molar-refractivity contribution is -0.176. The number of alkyl halides is 3. The van der Waals surface area contributed by atoms with E-state index in [1.807, 2.05) is 0 Å². The van der Waals surface area contributed by atoms with E-state index in [4.69, 9.17) is 34.8 Å². The molecule has 3 aromatic rings. The number of carbonyl (C=O) groups excluding carboxylic acids is 1. The van der Waals surface area contributed by atoms with Crippen LogP contribution < -0.4 is 20.9 Å².